The first kappa shape index (κ1) is 16.0. The van der Waals surface area contributed by atoms with Crippen LogP contribution in [0.2, 0.25) is 0 Å². The quantitative estimate of drug-likeness (QED) is 0.875. The zero-order valence-corrected chi connectivity index (χ0v) is 13.8. The minimum absolute atomic E-state index is 0.0479. The van der Waals surface area contributed by atoms with Crippen LogP contribution >= 0.6 is 11.6 Å². The molecule has 0 radical (unpaired) electrons. The number of rotatable bonds is 4. The van der Waals surface area contributed by atoms with Gasteiger partial charge in [-0.25, -0.2) is 4.68 Å². The summed E-state index contributed by atoms with van der Waals surface area (Å²) in [7, 11) is 0. The molecular formula is C17H20ClN3O2. The molecule has 0 aliphatic heterocycles. The summed E-state index contributed by atoms with van der Waals surface area (Å²) in [5.74, 6) is -0.240. The van der Waals surface area contributed by atoms with Crippen molar-refractivity contribution in [2.45, 2.75) is 50.6 Å². The van der Waals surface area contributed by atoms with Gasteiger partial charge in [-0.15, -0.1) is 11.6 Å². The van der Waals surface area contributed by atoms with Crippen LogP contribution in [0.5, 0.6) is 0 Å². The first-order chi connectivity index (χ1) is 11.1. The van der Waals surface area contributed by atoms with Gasteiger partial charge in [-0.3, -0.25) is 9.59 Å². The second-order valence-corrected chi connectivity index (χ2v) is 6.67. The molecule has 0 bridgehead atoms. The summed E-state index contributed by atoms with van der Waals surface area (Å²) in [6.45, 7) is 1.89. The van der Waals surface area contributed by atoms with Gasteiger partial charge in [0.15, 0.2) is 0 Å². The molecule has 1 saturated carbocycles. The molecule has 1 atom stereocenters. The van der Waals surface area contributed by atoms with Crippen molar-refractivity contribution < 1.29 is 4.79 Å². The maximum atomic E-state index is 12.7. The average molecular weight is 334 g/mol. The van der Waals surface area contributed by atoms with E-state index in [0.717, 1.165) is 31.1 Å². The summed E-state index contributed by atoms with van der Waals surface area (Å²) in [5.41, 5.74) is 0.658. The fraction of sp³-hybridized carbons (Fsp3) is 0.471. The molecule has 122 valence electrons. The van der Waals surface area contributed by atoms with Crippen molar-refractivity contribution in [3.8, 4) is 0 Å². The van der Waals surface area contributed by atoms with E-state index in [1.165, 1.54) is 0 Å². The zero-order valence-electron chi connectivity index (χ0n) is 13.1. The number of nitrogens with one attached hydrogen (secondary N) is 1. The fourth-order valence-corrected chi connectivity index (χ4v) is 3.19. The Balaban J connectivity index is 2.03. The van der Waals surface area contributed by atoms with Crippen LogP contribution in [-0.4, -0.2) is 21.1 Å². The van der Waals surface area contributed by atoms with Crippen molar-refractivity contribution in [3.63, 3.8) is 0 Å². The molecule has 1 aliphatic rings. The number of amides is 1. The van der Waals surface area contributed by atoms with E-state index in [2.05, 4.69) is 10.4 Å². The van der Waals surface area contributed by atoms with Crippen molar-refractivity contribution in [1.82, 2.24) is 15.1 Å². The van der Waals surface area contributed by atoms with Crippen molar-refractivity contribution in [2.75, 3.05) is 0 Å². The fourth-order valence-electron chi connectivity index (χ4n) is 3.11. The van der Waals surface area contributed by atoms with Crippen LogP contribution in [0.25, 0.3) is 10.8 Å². The van der Waals surface area contributed by atoms with E-state index in [4.69, 9.17) is 11.6 Å². The maximum Gasteiger partial charge on any atom is 0.274 e. The Bertz CT molecular complexity index is 779. The molecule has 6 heteroatoms. The number of fused-ring (bicyclic) bond motifs is 1. The first-order valence-corrected chi connectivity index (χ1v) is 8.44. The Kier molecular flexibility index (Phi) is 4.66. The normalized spacial score (nSPS) is 16.6. The minimum Gasteiger partial charge on any atom is -0.349 e. The smallest absolute Gasteiger partial charge is 0.274 e. The highest BCUT2D eigenvalue weighted by Gasteiger charge is 2.21. The highest BCUT2D eigenvalue weighted by Crippen LogP contribution is 2.28. The van der Waals surface area contributed by atoms with E-state index in [-0.39, 0.29) is 24.1 Å². The summed E-state index contributed by atoms with van der Waals surface area (Å²) in [5, 5.41) is 8.18. The van der Waals surface area contributed by atoms with Gasteiger partial charge in [0, 0.05) is 5.39 Å². The van der Waals surface area contributed by atoms with Gasteiger partial charge in [0.05, 0.1) is 23.7 Å². The SMILES string of the molecule is CC(Cl)C(=O)NCc1nn(C2CCCC2)c(=O)c2ccccc12. The van der Waals surface area contributed by atoms with Crippen LogP contribution in [0.3, 0.4) is 0 Å². The Morgan fingerprint density at radius 3 is 2.65 bits per heavy atom. The van der Waals surface area contributed by atoms with Crippen LogP contribution in [0.1, 0.15) is 44.3 Å². The van der Waals surface area contributed by atoms with Crippen molar-refractivity contribution in [3.05, 3.63) is 40.3 Å². The molecule has 1 N–H and O–H groups in total. The third-order valence-corrected chi connectivity index (χ3v) is 4.57. The summed E-state index contributed by atoms with van der Waals surface area (Å²) >= 11 is 5.79. The van der Waals surface area contributed by atoms with Crippen LogP contribution in [0.4, 0.5) is 0 Å². The van der Waals surface area contributed by atoms with Gasteiger partial charge in [-0.1, -0.05) is 31.0 Å². The van der Waals surface area contributed by atoms with E-state index in [9.17, 15) is 9.59 Å². The molecule has 1 amide bonds. The standard InChI is InChI=1S/C17H20ClN3O2/c1-11(18)16(22)19-10-15-13-8-4-5-9-14(13)17(23)21(20-15)12-6-2-3-7-12/h4-5,8-9,11-12H,2-3,6-7,10H2,1H3,(H,19,22). The number of carbonyl (C=O) groups excluding carboxylic acids is 1. The molecule has 2 aromatic rings. The average Bonchev–Trinajstić information content (AvgIpc) is 3.08. The molecule has 1 aromatic carbocycles. The zero-order chi connectivity index (χ0) is 16.4. The number of hydrogen-bond acceptors (Lipinski definition) is 3. The van der Waals surface area contributed by atoms with Gasteiger partial charge in [-0.05, 0) is 25.8 Å². The van der Waals surface area contributed by atoms with Crippen molar-refractivity contribution in [2.24, 2.45) is 0 Å². The van der Waals surface area contributed by atoms with Gasteiger partial charge in [0.1, 0.15) is 5.38 Å². The van der Waals surface area contributed by atoms with E-state index >= 15 is 0 Å². The topological polar surface area (TPSA) is 64.0 Å². The second-order valence-electron chi connectivity index (χ2n) is 6.01. The lowest BCUT2D eigenvalue weighted by Gasteiger charge is -2.16. The summed E-state index contributed by atoms with van der Waals surface area (Å²) < 4.78 is 1.61. The predicted octanol–water partition coefficient (Wildman–Crippen LogP) is 2.76. The predicted molar refractivity (Wildman–Crippen MR) is 90.7 cm³/mol. The third kappa shape index (κ3) is 3.24. The number of carbonyl (C=O) groups is 1. The van der Waals surface area contributed by atoms with E-state index < -0.39 is 5.38 Å². The molecule has 1 fully saturated rings. The Morgan fingerprint density at radius 2 is 2.00 bits per heavy atom. The second kappa shape index (κ2) is 6.71. The molecular weight excluding hydrogens is 314 g/mol. The van der Waals surface area contributed by atoms with Gasteiger partial charge in [0.25, 0.3) is 5.56 Å². The largest absolute Gasteiger partial charge is 0.349 e. The number of aromatic nitrogens is 2. The highest BCUT2D eigenvalue weighted by atomic mass is 35.5. The van der Waals surface area contributed by atoms with Gasteiger partial charge < -0.3 is 5.32 Å². The molecule has 23 heavy (non-hydrogen) atoms. The van der Waals surface area contributed by atoms with Crippen LogP contribution in [0, 0.1) is 0 Å². The lowest BCUT2D eigenvalue weighted by atomic mass is 10.1. The summed E-state index contributed by atoms with van der Waals surface area (Å²) in [4.78, 5) is 24.4. The molecule has 0 saturated heterocycles. The third-order valence-electron chi connectivity index (χ3n) is 4.37. The molecule has 5 nitrogen and oxygen atoms in total. The van der Waals surface area contributed by atoms with E-state index in [1.807, 2.05) is 24.3 Å². The lowest BCUT2D eigenvalue weighted by molar-refractivity contribution is -0.120. The maximum absolute atomic E-state index is 12.7. The molecule has 1 aliphatic carbocycles. The van der Waals surface area contributed by atoms with Gasteiger partial charge in [-0.2, -0.15) is 5.10 Å². The molecule has 1 unspecified atom stereocenters. The Morgan fingerprint density at radius 1 is 1.35 bits per heavy atom. The summed E-state index contributed by atoms with van der Waals surface area (Å²) in [6, 6.07) is 7.58. The molecule has 3 rings (SSSR count). The van der Waals surface area contributed by atoms with Gasteiger partial charge in [0.2, 0.25) is 5.91 Å². The minimum atomic E-state index is -0.595. The summed E-state index contributed by atoms with van der Waals surface area (Å²) in [6.07, 6.45) is 4.22. The lowest BCUT2D eigenvalue weighted by Crippen LogP contribution is -2.32. The number of benzene rings is 1. The molecule has 0 spiro atoms. The number of hydrogen-bond donors (Lipinski definition) is 1. The van der Waals surface area contributed by atoms with Gasteiger partial charge >= 0.3 is 0 Å². The number of alkyl halides is 1. The van der Waals surface area contributed by atoms with Crippen LogP contribution in [0.15, 0.2) is 29.1 Å². The monoisotopic (exact) mass is 333 g/mol. The van der Waals surface area contributed by atoms with Crippen molar-refractivity contribution >= 4 is 28.3 Å². The Hall–Kier alpha value is -1.88. The molecule has 1 aromatic heterocycles. The first-order valence-electron chi connectivity index (χ1n) is 8.00. The Labute approximate surface area is 139 Å². The van der Waals surface area contributed by atoms with Crippen LogP contribution < -0.4 is 10.9 Å². The molecule has 1 heterocycles. The highest BCUT2D eigenvalue weighted by molar-refractivity contribution is 6.30. The van der Waals surface area contributed by atoms with E-state index in [0.29, 0.717) is 11.1 Å². The number of nitrogens with zero attached hydrogens (tertiary/aromatic N) is 2. The van der Waals surface area contributed by atoms with Crippen LogP contribution in [-0.2, 0) is 11.3 Å². The number of halogens is 1. The van der Waals surface area contributed by atoms with Crippen molar-refractivity contribution in [1.29, 1.82) is 0 Å². The van der Waals surface area contributed by atoms with E-state index in [1.54, 1.807) is 11.6 Å².